The van der Waals surface area contributed by atoms with E-state index in [0.717, 1.165) is 20.0 Å². The zero-order chi connectivity index (χ0) is 13.4. The summed E-state index contributed by atoms with van der Waals surface area (Å²) in [4.78, 5) is 0. The molecule has 0 radical (unpaired) electrons. The smallest absolute Gasteiger partial charge is 0.0319 e. The SMILES string of the molecule is CC.CO.c1ccc2c(c1)Cc1ccccc1C2. The van der Waals surface area contributed by atoms with Gasteiger partial charge in [0.15, 0.2) is 0 Å². The standard InChI is InChI=1S/C14H12.C2H6.CH4O/c1-2-6-12-10-14-8-4-3-7-13(14)9-11(12)5-1;2*1-2/h1-8H,9-10H2;1-2H3;2H,1H3. The number of hydrogen-bond donors (Lipinski definition) is 1. The van der Waals surface area contributed by atoms with E-state index in [9.17, 15) is 0 Å². The van der Waals surface area contributed by atoms with Crippen LogP contribution in [0.15, 0.2) is 48.5 Å². The van der Waals surface area contributed by atoms with Crippen LogP contribution in [-0.2, 0) is 12.8 Å². The molecule has 18 heavy (non-hydrogen) atoms. The Kier molecular flexibility index (Phi) is 6.16. The van der Waals surface area contributed by atoms with Crippen LogP contribution in [0.5, 0.6) is 0 Å². The summed E-state index contributed by atoms with van der Waals surface area (Å²) >= 11 is 0. The lowest BCUT2D eigenvalue weighted by molar-refractivity contribution is 0.399. The number of fused-ring (bicyclic) bond motifs is 2. The minimum atomic E-state index is 1.00. The second-order valence-corrected chi connectivity index (χ2v) is 3.89. The Balaban J connectivity index is 0.000000371. The molecule has 0 heterocycles. The first kappa shape index (κ1) is 14.5. The van der Waals surface area contributed by atoms with Crippen molar-refractivity contribution in [2.24, 2.45) is 0 Å². The Bertz CT molecular complexity index is 387. The molecule has 0 atom stereocenters. The van der Waals surface area contributed by atoms with Crippen molar-refractivity contribution in [1.82, 2.24) is 0 Å². The van der Waals surface area contributed by atoms with Crippen LogP contribution in [0.1, 0.15) is 36.1 Å². The van der Waals surface area contributed by atoms with E-state index in [1.165, 1.54) is 22.3 Å². The van der Waals surface area contributed by atoms with E-state index in [1.54, 1.807) is 0 Å². The van der Waals surface area contributed by atoms with Crippen molar-refractivity contribution in [3.8, 4) is 0 Å². The molecule has 0 amide bonds. The van der Waals surface area contributed by atoms with Crippen LogP contribution in [-0.4, -0.2) is 12.2 Å². The molecule has 0 aromatic heterocycles. The Morgan fingerprint density at radius 3 is 1.06 bits per heavy atom. The lowest BCUT2D eigenvalue weighted by atomic mass is 9.86. The Morgan fingerprint density at radius 1 is 0.611 bits per heavy atom. The van der Waals surface area contributed by atoms with Gasteiger partial charge in [-0.15, -0.1) is 0 Å². The number of benzene rings is 2. The van der Waals surface area contributed by atoms with Gasteiger partial charge in [0.25, 0.3) is 0 Å². The minimum absolute atomic E-state index is 1.00. The summed E-state index contributed by atoms with van der Waals surface area (Å²) in [6.45, 7) is 4.00. The van der Waals surface area contributed by atoms with Crippen molar-refractivity contribution < 1.29 is 5.11 Å². The summed E-state index contributed by atoms with van der Waals surface area (Å²) in [5.41, 5.74) is 5.97. The summed E-state index contributed by atoms with van der Waals surface area (Å²) < 4.78 is 0. The normalized spacial score (nSPS) is 10.9. The number of aliphatic hydroxyl groups is 1. The van der Waals surface area contributed by atoms with Gasteiger partial charge in [-0.2, -0.15) is 0 Å². The number of aliphatic hydroxyl groups excluding tert-OH is 1. The highest BCUT2D eigenvalue weighted by Gasteiger charge is 2.12. The summed E-state index contributed by atoms with van der Waals surface area (Å²) in [6.07, 6.45) is 2.21. The molecule has 0 fully saturated rings. The van der Waals surface area contributed by atoms with Gasteiger partial charge in [-0.25, -0.2) is 0 Å². The second-order valence-electron chi connectivity index (χ2n) is 3.89. The molecular weight excluding hydrogens is 220 g/mol. The van der Waals surface area contributed by atoms with Gasteiger partial charge in [0.05, 0.1) is 0 Å². The van der Waals surface area contributed by atoms with Gasteiger partial charge in [-0.3, -0.25) is 0 Å². The van der Waals surface area contributed by atoms with Crippen molar-refractivity contribution >= 4 is 0 Å². The van der Waals surface area contributed by atoms with Crippen molar-refractivity contribution in [3.63, 3.8) is 0 Å². The Hall–Kier alpha value is -1.60. The lowest BCUT2D eigenvalue weighted by Crippen LogP contribution is -2.06. The molecule has 1 heteroatoms. The second kappa shape index (κ2) is 7.67. The average Bonchev–Trinajstić information content (AvgIpc) is 2.49. The van der Waals surface area contributed by atoms with E-state index in [0.29, 0.717) is 0 Å². The maximum Gasteiger partial charge on any atom is 0.0319 e. The van der Waals surface area contributed by atoms with Crippen LogP contribution in [0.2, 0.25) is 0 Å². The van der Waals surface area contributed by atoms with Gasteiger partial charge >= 0.3 is 0 Å². The highest BCUT2D eigenvalue weighted by Crippen LogP contribution is 2.26. The molecule has 2 aromatic carbocycles. The van der Waals surface area contributed by atoms with E-state index in [2.05, 4.69) is 48.5 Å². The molecule has 0 spiro atoms. The Morgan fingerprint density at radius 2 is 0.833 bits per heavy atom. The summed E-state index contributed by atoms with van der Waals surface area (Å²) in [5, 5.41) is 7.00. The van der Waals surface area contributed by atoms with Crippen LogP contribution < -0.4 is 0 Å². The van der Waals surface area contributed by atoms with E-state index in [-0.39, 0.29) is 0 Å². The Labute approximate surface area is 110 Å². The van der Waals surface area contributed by atoms with E-state index < -0.39 is 0 Å². The van der Waals surface area contributed by atoms with Crippen LogP contribution in [0, 0.1) is 0 Å². The average molecular weight is 242 g/mol. The highest BCUT2D eigenvalue weighted by atomic mass is 16.2. The zero-order valence-electron chi connectivity index (χ0n) is 11.5. The molecule has 0 aliphatic heterocycles. The topological polar surface area (TPSA) is 20.2 Å². The molecule has 1 aliphatic carbocycles. The van der Waals surface area contributed by atoms with E-state index in [4.69, 9.17) is 5.11 Å². The summed E-state index contributed by atoms with van der Waals surface area (Å²) in [6, 6.07) is 17.5. The van der Waals surface area contributed by atoms with Gasteiger partial charge in [0.2, 0.25) is 0 Å². The fraction of sp³-hybridized carbons (Fsp3) is 0.294. The predicted octanol–water partition coefficient (Wildman–Crippen LogP) is 3.82. The van der Waals surface area contributed by atoms with Crippen LogP contribution >= 0.6 is 0 Å². The number of rotatable bonds is 0. The molecule has 96 valence electrons. The van der Waals surface area contributed by atoms with Gasteiger partial charge in [-0.1, -0.05) is 62.4 Å². The maximum absolute atomic E-state index is 7.00. The highest BCUT2D eigenvalue weighted by molar-refractivity contribution is 5.44. The number of hydrogen-bond acceptors (Lipinski definition) is 1. The largest absolute Gasteiger partial charge is 0.400 e. The first-order chi connectivity index (χ1) is 8.93. The summed E-state index contributed by atoms with van der Waals surface area (Å²) in [5.74, 6) is 0. The molecule has 3 rings (SSSR count). The molecule has 1 N–H and O–H groups in total. The van der Waals surface area contributed by atoms with Crippen LogP contribution in [0.4, 0.5) is 0 Å². The monoisotopic (exact) mass is 242 g/mol. The molecule has 0 saturated carbocycles. The van der Waals surface area contributed by atoms with Crippen molar-refractivity contribution in [3.05, 3.63) is 70.8 Å². The molecule has 2 aromatic rings. The lowest BCUT2D eigenvalue weighted by Gasteiger charge is -2.18. The molecular formula is C17H22O. The van der Waals surface area contributed by atoms with Crippen LogP contribution in [0.25, 0.3) is 0 Å². The van der Waals surface area contributed by atoms with Gasteiger partial charge in [0, 0.05) is 7.11 Å². The first-order valence-corrected chi connectivity index (χ1v) is 6.52. The van der Waals surface area contributed by atoms with Crippen molar-refractivity contribution in [2.75, 3.05) is 7.11 Å². The summed E-state index contributed by atoms with van der Waals surface area (Å²) in [7, 11) is 1.00. The first-order valence-electron chi connectivity index (χ1n) is 6.52. The molecule has 1 nitrogen and oxygen atoms in total. The zero-order valence-corrected chi connectivity index (χ0v) is 11.5. The van der Waals surface area contributed by atoms with Gasteiger partial charge < -0.3 is 5.11 Å². The van der Waals surface area contributed by atoms with E-state index in [1.807, 2.05) is 13.8 Å². The van der Waals surface area contributed by atoms with Crippen molar-refractivity contribution in [1.29, 1.82) is 0 Å². The van der Waals surface area contributed by atoms with Gasteiger partial charge in [0.1, 0.15) is 0 Å². The molecule has 0 bridgehead atoms. The molecule has 1 aliphatic rings. The quantitative estimate of drug-likeness (QED) is 0.635. The fourth-order valence-electron chi connectivity index (χ4n) is 2.22. The van der Waals surface area contributed by atoms with Gasteiger partial charge in [-0.05, 0) is 35.1 Å². The fourth-order valence-corrected chi connectivity index (χ4v) is 2.22. The van der Waals surface area contributed by atoms with Crippen molar-refractivity contribution in [2.45, 2.75) is 26.7 Å². The third-order valence-electron chi connectivity index (χ3n) is 3.00. The molecule has 0 saturated heterocycles. The van der Waals surface area contributed by atoms with E-state index >= 15 is 0 Å². The third-order valence-corrected chi connectivity index (χ3v) is 3.00. The minimum Gasteiger partial charge on any atom is -0.400 e. The predicted molar refractivity (Wildman–Crippen MR) is 78.0 cm³/mol. The molecule has 0 unspecified atom stereocenters. The maximum atomic E-state index is 7.00. The van der Waals surface area contributed by atoms with Crippen LogP contribution in [0.3, 0.4) is 0 Å². The third kappa shape index (κ3) is 3.21.